The summed E-state index contributed by atoms with van der Waals surface area (Å²) < 4.78 is 5.78. The van der Waals surface area contributed by atoms with Gasteiger partial charge in [0, 0.05) is 6.61 Å². The minimum absolute atomic E-state index is 0.178. The minimum atomic E-state index is 0.178. The largest absolute Gasteiger partial charge is 0.457 e. The van der Waals surface area contributed by atoms with Gasteiger partial charge >= 0.3 is 0 Å². The molecule has 0 aliphatic carbocycles. The summed E-state index contributed by atoms with van der Waals surface area (Å²) >= 11 is 0. The SMILES string of the molecule is Cc1ccc(Oc2ccc(CCO)cc2)cc1C. The first-order chi connectivity index (χ1) is 8.69. The summed E-state index contributed by atoms with van der Waals surface area (Å²) in [6.07, 6.45) is 0.684. The molecule has 0 saturated carbocycles. The van der Waals surface area contributed by atoms with Gasteiger partial charge in [-0.05, 0) is 61.2 Å². The second-order valence-electron chi connectivity index (χ2n) is 4.47. The first-order valence-electron chi connectivity index (χ1n) is 6.14. The average molecular weight is 242 g/mol. The Kier molecular flexibility index (Phi) is 4.00. The van der Waals surface area contributed by atoms with Gasteiger partial charge < -0.3 is 9.84 Å². The molecular weight excluding hydrogens is 224 g/mol. The van der Waals surface area contributed by atoms with Crippen LogP contribution in [0.1, 0.15) is 16.7 Å². The third kappa shape index (κ3) is 3.11. The van der Waals surface area contributed by atoms with Crippen molar-refractivity contribution in [2.75, 3.05) is 6.61 Å². The van der Waals surface area contributed by atoms with E-state index in [2.05, 4.69) is 19.9 Å². The second kappa shape index (κ2) is 5.69. The van der Waals surface area contributed by atoms with Crippen molar-refractivity contribution in [2.24, 2.45) is 0 Å². The fraction of sp³-hybridized carbons (Fsp3) is 0.250. The molecule has 0 saturated heterocycles. The Balaban J connectivity index is 2.10. The van der Waals surface area contributed by atoms with E-state index < -0.39 is 0 Å². The summed E-state index contributed by atoms with van der Waals surface area (Å²) in [6.45, 7) is 4.34. The van der Waals surface area contributed by atoms with Gasteiger partial charge in [0.2, 0.25) is 0 Å². The van der Waals surface area contributed by atoms with Crippen LogP contribution >= 0.6 is 0 Å². The molecule has 0 unspecified atom stereocenters. The van der Waals surface area contributed by atoms with E-state index in [1.54, 1.807) is 0 Å². The van der Waals surface area contributed by atoms with Crippen LogP contribution in [0.5, 0.6) is 11.5 Å². The molecule has 0 fully saturated rings. The van der Waals surface area contributed by atoms with Crippen LogP contribution < -0.4 is 4.74 Å². The molecule has 2 rings (SSSR count). The number of hydrogen-bond acceptors (Lipinski definition) is 2. The van der Waals surface area contributed by atoms with Crippen molar-refractivity contribution in [1.82, 2.24) is 0 Å². The third-order valence-corrected chi connectivity index (χ3v) is 3.04. The van der Waals surface area contributed by atoms with E-state index in [-0.39, 0.29) is 6.61 Å². The predicted molar refractivity (Wildman–Crippen MR) is 73.2 cm³/mol. The van der Waals surface area contributed by atoms with Gasteiger partial charge in [0.25, 0.3) is 0 Å². The Labute approximate surface area is 108 Å². The molecule has 2 aromatic carbocycles. The standard InChI is InChI=1S/C16H18O2/c1-12-3-6-16(11-13(12)2)18-15-7-4-14(5-8-15)9-10-17/h3-8,11,17H,9-10H2,1-2H3. The van der Waals surface area contributed by atoms with Crippen LogP contribution in [0, 0.1) is 13.8 Å². The number of hydrogen-bond donors (Lipinski definition) is 1. The summed E-state index contributed by atoms with van der Waals surface area (Å²) in [7, 11) is 0. The van der Waals surface area contributed by atoms with Crippen molar-refractivity contribution in [3.63, 3.8) is 0 Å². The number of rotatable bonds is 4. The molecular formula is C16H18O2. The Morgan fingerprint density at radius 3 is 2.17 bits per heavy atom. The van der Waals surface area contributed by atoms with Crippen LogP contribution in [0.4, 0.5) is 0 Å². The molecule has 2 aromatic rings. The fourth-order valence-electron chi connectivity index (χ4n) is 1.77. The quantitative estimate of drug-likeness (QED) is 0.887. The highest BCUT2D eigenvalue weighted by Crippen LogP contribution is 2.23. The summed E-state index contributed by atoms with van der Waals surface area (Å²) in [4.78, 5) is 0. The molecule has 0 aromatic heterocycles. The minimum Gasteiger partial charge on any atom is -0.457 e. The zero-order valence-corrected chi connectivity index (χ0v) is 10.8. The molecule has 1 N–H and O–H groups in total. The molecule has 0 amide bonds. The highest BCUT2D eigenvalue weighted by Gasteiger charge is 2.00. The van der Waals surface area contributed by atoms with Crippen LogP contribution in [0.3, 0.4) is 0 Å². The normalized spacial score (nSPS) is 10.4. The van der Waals surface area contributed by atoms with Gasteiger partial charge in [-0.15, -0.1) is 0 Å². The number of ether oxygens (including phenoxy) is 1. The lowest BCUT2D eigenvalue weighted by molar-refractivity contribution is 0.299. The van der Waals surface area contributed by atoms with E-state index in [4.69, 9.17) is 9.84 Å². The molecule has 2 heteroatoms. The van der Waals surface area contributed by atoms with Gasteiger partial charge in [0.15, 0.2) is 0 Å². The van der Waals surface area contributed by atoms with Crippen molar-refractivity contribution in [1.29, 1.82) is 0 Å². The van der Waals surface area contributed by atoms with Gasteiger partial charge in [-0.3, -0.25) is 0 Å². The zero-order valence-electron chi connectivity index (χ0n) is 10.8. The van der Waals surface area contributed by atoms with Crippen molar-refractivity contribution in [3.05, 3.63) is 59.2 Å². The molecule has 0 radical (unpaired) electrons. The molecule has 0 atom stereocenters. The first-order valence-corrected chi connectivity index (χ1v) is 6.14. The van der Waals surface area contributed by atoms with Gasteiger partial charge in [-0.25, -0.2) is 0 Å². The van der Waals surface area contributed by atoms with E-state index in [0.717, 1.165) is 17.1 Å². The van der Waals surface area contributed by atoms with Crippen LogP contribution in [0.2, 0.25) is 0 Å². The van der Waals surface area contributed by atoms with Crippen LogP contribution in [0.15, 0.2) is 42.5 Å². The van der Waals surface area contributed by atoms with Crippen molar-refractivity contribution < 1.29 is 9.84 Å². The molecule has 0 heterocycles. The summed E-state index contributed by atoms with van der Waals surface area (Å²) in [5.41, 5.74) is 3.61. The highest BCUT2D eigenvalue weighted by molar-refractivity contribution is 5.37. The Hall–Kier alpha value is -1.80. The number of aliphatic hydroxyl groups excluding tert-OH is 1. The first kappa shape index (κ1) is 12.7. The van der Waals surface area contributed by atoms with Crippen molar-refractivity contribution in [2.45, 2.75) is 20.3 Å². The van der Waals surface area contributed by atoms with E-state index in [0.29, 0.717) is 6.42 Å². The Morgan fingerprint density at radius 2 is 1.56 bits per heavy atom. The van der Waals surface area contributed by atoms with Gasteiger partial charge in [-0.1, -0.05) is 18.2 Å². The maximum absolute atomic E-state index is 8.85. The molecule has 0 bridgehead atoms. The summed E-state index contributed by atoms with van der Waals surface area (Å²) in [5.74, 6) is 1.67. The van der Waals surface area contributed by atoms with Gasteiger partial charge in [-0.2, -0.15) is 0 Å². The lowest BCUT2D eigenvalue weighted by Gasteiger charge is -2.08. The number of aryl methyl sites for hydroxylation is 2. The summed E-state index contributed by atoms with van der Waals surface area (Å²) in [5, 5.41) is 8.85. The molecule has 18 heavy (non-hydrogen) atoms. The lowest BCUT2D eigenvalue weighted by atomic mass is 10.1. The molecule has 94 valence electrons. The van der Waals surface area contributed by atoms with Crippen molar-refractivity contribution >= 4 is 0 Å². The van der Waals surface area contributed by atoms with Crippen LogP contribution in [-0.4, -0.2) is 11.7 Å². The predicted octanol–water partition coefficient (Wildman–Crippen LogP) is 3.63. The van der Waals surface area contributed by atoms with Gasteiger partial charge in [0.05, 0.1) is 0 Å². The van der Waals surface area contributed by atoms with E-state index >= 15 is 0 Å². The van der Waals surface area contributed by atoms with Crippen LogP contribution in [0.25, 0.3) is 0 Å². The fourth-order valence-corrected chi connectivity index (χ4v) is 1.77. The van der Waals surface area contributed by atoms with Crippen LogP contribution in [-0.2, 0) is 6.42 Å². The van der Waals surface area contributed by atoms with E-state index in [1.807, 2.05) is 36.4 Å². The number of benzene rings is 2. The van der Waals surface area contributed by atoms with Crippen molar-refractivity contribution in [3.8, 4) is 11.5 Å². The molecule has 2 nitrogen and oxygen atoms in total. The maximum atomic E-state index is 8.85. The molecule has 0 aliphatic heterocycles. The summed E-state index contributed by atoms with van der Waals surface area (Å²) in [6, 6.07) is 13.9. The lowest BCUT2D eigenvalue weighted by Crippen LogP contribution is -1.91. The Bertz CT molecular complexity index is 515. The average Bonchev–Trinajstić information content (AvgIpc) is 2.37. The highest BCUT2D eigenvalue weighted by atomic mass is 16.5. The second-order valence-corrected chi connectivity index (χ2v) is 4.47. The zero-order chi connectivity index (χ0) is 13.0. The number of aliphatic hydroxyl groups is 1. The molecule has 0 aliphatic rings. The maximum Gasteiger partial charge on any atom is 0.127 e. The molecule has 0 spiro atoms. The van der Waals surface area contributed by atoms with E-state index in [9.17, 15) is 0 Å². The smallest absolute Gasteiger partial charge is 0.127 e. The van der Waals surface area contributed by atoms with E-state index in [1.165, 1.54) is 11.1 Å². The topological polar surface area (TPSA) is 29.5 Å². The third-order valence-electron chi connectivity index (χ3n) is 3.04. The Morgan fingerprint density at radius 1 is 0.889 bits per heavy atom. The monoisotopic (exact) mass is 242 g/mol. The van der Waals surface area contributed by atoms with Gasteiger partial charge in [0.1, 0.15) is 11.5 Å².